The Morgan fingerprint density at radius 1 is 0.500 bits per heavy atom. The van der Waals surface area contributed by atoms with Crippen molar-refractivity contribution in [2.24, 2.45) is 0 Å². The molecule has 9 rings (SSSR count). The summed E-state index contributed by atoms with van der Waals surface area (Å²) in [6.45, 7) is 5.46. The van der Waals surface area contributed by atoms with Gasteiger partial charge in [0.05, 0.1) is 46.8 Å². The summed E-state index contributed by atoms with van der Waals surface area (Å²) in [7, 11) is 0. The van der Waals surface area contributed by atoms with E-state index in [1.165, 1.54) is 19.6 Å². The highest BCUT2D eigenvalue weighted by Gasteiger charge is 2.36. The van der Waals surface area contributed by atoms with Gasteiger partial charge < -0.3 is 9.80 Å². The number of hydrogen-bond acceptors (Lipinski definition) is 6. The van der Waals surface area contributed by atoms with Gasteiger partial charge in [-0.1, -0.05) is 96.3 Å². The van der Waals surface area contributed by atoms with Crippen molar-refractivity contribution >= 4 is 80.6 Å². The van der Waals surface area contributed by atoms with E-state index in [-0.39, 0.29) is 0 Å². The van der Waals surface area contributed by atoms with E-state index in [1.807, 2.05) is 0 Å². The molecular formula is C44H26N5PS2. The lowest BCUT2D eigenvalue weighted by molar-refractivity contribution is 1.17. The first-order chi connectivity index (χ1) is 25.6. The van der Waals surface area contributed by atoms with E-state index < -0.39 is 6.89 Å². The topological polar surface area (TPSA) is 58.4 Å². The maximum Gasteiger partial charge on any atom is 0.196 e. The van der Waals surface area contributed by atoms with Crippen LogP contribution in [0.5, 0.6) is 0 Å². The minimum atomic E-state index is -2.96. The Labute approximate surface area is 311 Å². The predicted octanol–water partition coefficient (Wildman–Crippen LogP) is 11.4. The lowest BCUT2D eigenvalue weighted by Gasteiger charge is -2.35. The summed E-state index contributed by atoms with van der Waals surface area (Å²) >= 11 is 3.52. The molecule has 0 saturated carbocycles. The quantitative estimate of drug-likeness (QED) is 0.133. The van der Waals surface area contributed by atoms with Crippen LogP contribution in [-0.2, 0) is 0 Å². The van der Waals surface area contributed by atoms with Crippen LogP contribution in [0.3, 0.4) is 0 Å². The molecular weight excluding hydrogens is 694 g/mol. The summed E-state index contributed by atoms with van der Waals surface area (Å²) in [4.78, 5) is 13.3. The van der Waals surface area contributed by atoms with Crippen LogP contribution in [0.1, 0.15) is 0 Å². The summed E-state index contributed by atoms with van der Waals surface area (Å²) in [5, 5.41) is 22.9. The Morgan fingerprint density at radius 3 is 1.23 bits per heavy atom. The van der Waals surface area contributed by atoms with Gasteiger partial charge >= 0.3 is 0 Å². The van der Waals surface area contributed by atoms with E-state index in [4.69, 9.17) is 6.57 Å². The summed E-state index contributed by atoms with van der Waals surface area (Å²) in [5.74, 6) is 0. The van der Waals surface area contributed by atoms with Gasteiger partial charge in [-0.05, 0) is 95.6 Å². The first-order valence-corrected chi connectivity index (χ1v) is 20.0. The summed E-state index contributed by atoms with van der Waals surface area (Å²) < 4.78 is 0. The Balaban J connectivity index is 1.21. The third kappa shape index (κ3) is 4.93. The maximum absolute atomic E-state index is 10.8. The Morgan fingerprint density at radius 2 is 0.885 bits per heavy atom. The SMILES string of the molecule is [C-]#[N+]C1=P(c2ccc(N3c4ccccc4Sc4ccccc43)cc2)(c2ccc(N3c4ccccc4Sc4ccccc43)cc2)C(C#N)=CC(C#N)=C1. The van der Waals surface area contributed by atoms with Gasteiger partial charge in [0.25, 0.3) is 0 Å². The fraction of sp³-hybridized carbons (Fsp3) is 0. The monoisotopic (exact) mass is 719 g/mol. The van der Waals surface area contributed by atoms with Crippen LogP contribution in [0.25, 0.3) is 4.85 Å². The first-order valence-electron chi connectivity index (χ1n) is 16.6. The van der Waals surface area contributed by atoms with Crippen molar-refractivity contribution in [3.63, 3.8) is 0 Å². The van der Waals surface area contributed by atoms with Gasteiger partial charge in [0, 0.05) is 43.4 Å². The van der Waals surface area contributed by atoms with Gasteiger partial charge in [0.2, 0.25) is 0 Å². The minimum absolute atomic E-state index is 0.310. The highest BCUT2D eigenvalue weighted by Crippen LogP contribution is 2.59. The molecule has 5 nitrogen and oxygen atoms in total. The van der Waals surface area contributed by atoms with E-state index in [0.717, 1.165) is 44.7 Å². The highest BCUT2D eigenvalue weighted by molar-refractivity contribution is 8.00. The lowest BCUT2D eigenvalue weighted by atomic mass is 10.2. The minimum Gasteiger partial charge on any atom is -0.308 e. The standard InChI is InChI=1S/C44H26N5PS2/c1-47-44-27-30(28-45)26-35(29-46)50(44,33-22-18-31(19-23-33)48-36-10-2-6-14-40(36)51-41-15-7-3-11-37(41)48)34-24-20-32(21-25-34)49-38-12-4-8-16-42(38)52-43-17-9-5-13-39(43)49/h2-27H. The molecule has 8 heteroatoms. The molecule has 244 valence electrons. The maximum atomic E-state index is 10.8. The van der Waals surface area contributed by atoms with Gasteiger partial charge in [-0.2, -0.15) is 10.5 Å². The van der Waals surface area contributed by atoms with Crippen molar-refractivity contribution in [2.75, 3.05) is 9.80 Å². The van der Waals surface area contributed by atoms with Gasteiger partial charge in [-0.25, -0.2) is 4.85 Å². The van der Waals surface area contributed by atoms with E-state index in [9.17, 15) is 10.5 Å². The number of allylic oxidation sites excluding steroid dienone is 3. The Hall–Kier alpha value is -6.13. The zero-order valence-electron chi connectivity index (χ0n) is 27.5. The van der Waals surface area contributed by atoms with Crippen molar-refractivity contribution in [2.45, 2.75) is 19.6 Å². The molecule has 0 aromatic heterocycles. The first kappa shape index (κ1) is 31.8. The van der Waals surface area contributed by atoms with Crippen LogP contribution >= 0.6 is 30.4 Å². The van der Waals surface area contributed by atoms with Gasteiger partial charge in [-0.15, -0.1) is 0 Å². The van der Waals surface area contributed by atoms with Gasteiger partial charge in [0.15, 0.2) is 5.42 Å². The molecule has 6 aromatic rings. The van der Waals surface area contributed by atoms with Crippen molar-refractivity contribution in [3.05, 3.63) is 180 Å². The number of rotatable bonds is 4. The molecule has 0 aliphatic carbocycles. The van der Waals surface area contributed by atoms with Crippen molar-refractivity contribution in [3.8, 4) is 12.1 Å². The molecule has 0 spiro atoms. The number of anilines is 6. The van der Waals surface area contributed by atoms with Crippen LogP contribution in [0.4, 0.5) is 34.1 Å². The third-order valence-corrected chi connectivity index (χ3v) is 15.8. The number of nitrogens with zero attached hydrogens (tertiary/aromatic N) is 5. The zero-order chi connectivity index (χ0) is 35.2. The fourth-order valence-electron chi connectivity index (χ4n) is 7.23. The Kier molecular flexibility index (Phi) is 7.88. The molecule has 0 atom stereocenters. The highest BCUT2D eigenvalue weighted by atomic mass is 32.2. The number of fused-ring (bicyclic) bond motifs is 4. The molecule has 3 heterocycles. The molecule has 0 bridgehead atoms. The molecule has 0 unspecified atom stereocenters. The van der Waals surface area contributed by atoms with E-state index in [2.05, 4.69) is 172 Å². The third-order valence-electron chi connectivity index (χ3n) is 9.49. The zero-order valence-corrected chi connectivity index (χ0v) is 30.0. The fourth-order valence-corrected chi connectivity index (χ4v) is 13.1. The summed E-state index contributed by atoms with van der Waals surface area (Å²) in [6.07, 6.45) is 3.35. The number of nitriles is 2. The van der Waals surface area contributed by atoms with Crippen molar-refractivity contribution in [1.29, 1.82) is 10.5 Å². The molecule has 6 aromatic carbocycles. The average Bonchev–Trinajstić information content (AvgIpc) is 3.21. The lowest BCUT2D eigenvalue weighted by Crippen LogP contribution is -2.24. The molecule has 0 N–H and O–H groups in total. The van der Waals surface area contributed by atoms with Crippen LogP contribution in [0.2, 0.25) is 0 Å². The molecule has 0 saturated heterocycles. The smallest absolute Gasteiger partial charge is 0.196 e. The summed E-state index contributed by atoms with van der Waals surface area (Å²) in [5.41, 5.74) is 7.09. The van der Waals surface area contributed by atoms with Gasteiger partial charge in [0.1, 0.15) is 0 Å². The van der Waals surface area contributed by atoms with E-state index >= 15 is 0 Å². The normalized spacial score (nSPS) is 15.0. The molecule has 52 heavy (non-hydrogen) atoms. The molecule has 3 aliphatic rings. The van der Waals surface area contributed by atoms with E-state index in [1.54, 1.807) is 35.7 Å². The molecule has 3 aliphatic heterocycles. The second-order valence-electron chi connectivity index (χ2n) is 12.3. The predicted molar refractivity (Wildman–Crippen MR) is 216 cm³/mol. The summed E-state index contributed by atoms with van der Waals surface area (Å²) in [6, 6.07) is 54.9. The number of hydrogen-bond donors (Lipinski definition) is 0. The average molecular weight is 720 g/mol. The van der Waals surface area contributed by atoms with Crippen molar-refractivity contribution in [1.82, 2.24) is 0 Å². The van der Waals surface area contributed by atoms with Gasteiger partial charge in [-0.3, -0.25) is 0 Å². The number of benzene rings is 6. The second-order valence-corrected chi connectivity index (χ2v) is 17.8. The largest absolute Gasteiger partial charge is 0.308 e. The molecule has 0 fully saturated rings. The van der Waals surface area contributed by atoms with Crippen molar-refractivity contribution < 1.29 is 0 Å². The van der Waals surface area contributed by atoms with Crippen LogP contribution in [0.15, 0.2) is 188 Å². The number of para-hydroxylation sites is 4. The molecule has 0 radical (unpaired) electrons. The molecule has 0 amide bonds. The van der Waals surface area contributed by atoms with Crippen LogP contribution < -0.4 is 20.4 Å². The van der Waals surface area contributed by atoms with Crippen LogP contribution in [0, 0.1) is 29.2 Å². The van der Waals surface area contributed by atoms with E-state index in [0.29, 0.717) is 16.3 Å². The second kappa shape index (κ2) is 12.9. The Bertz CT molecular complexity index is 2450. The van der Waals surface area contributed by atoms with Crippen LogP contribution in [-0.4, -0.2) is 5.42 Å².